The summed E-state index contributed by atoms with van der Waals surface area (Å²) in [6.07, 6.45) is 0.472. The Labute approximate surface area is 125 Å². The first-order chi connectivity index (χ1) is 10.0. The number of anilines is 1. The van der Waals surface area contributed by atoms with Crippen LogP contribution in [0.25, 0.3) is 0 Å². The molecule has 0 aliphatic heterocycles. The first-order valence-electron chi connectivity index (χ1n) is 6.97. The SMILES string of the molecule is CN(C)CCNC(=O)N(CCCC(=O)O)c1ccccc1. The maximum atomic E-state index is 12.2. The third kappa shape index (κ3) is 6.76. The molecular weight excluding hydrogens is 270 g/mol. The van der Waals surface area contributed by atoms with Gasteiger partial charge in [-0.05, 0) is 32.6 Å². The van der Waals surface area contributed by atoms with E-state index in [1.54, 1.807) is 4.90 Å². The monoisotopic (exact) mass is 293 g/mol. The van der Waals surface area contributed by atoms with Crippen LogP contribution in [-0.2, 0) is 4.79 Å². The van der Waals surface area contributed by atoms with Crippen LogP contribution in [0.4, 0.5) is 10.5 Å². The van der Waals surface area contributed by atoms with Crippen LogP contribution in [0.1, 0.15) is 12.8 Å². The number of aliphatic carboxylic acids is 1. The quantitative estimate of drug-likeness (QED) is 0.764. The van der Waals surface area contributed by atoms with Gasteiger partial charge in [0.2, 0.25) is 0 Å². The largest absolute Gasteiger partial charge is 0.481 e. The minimum absolute atomic E-state index is 0.0499. The molecule has 0 saturated carbocycles. The van der Waals surface area contributed by atoms with E-state index in [0.717, 1.165) is 12.2 Å². The Hall–Kier alpha value is -2.08. The first kappa shape index (κ1) is 17.0. The van der Waals surface area contributed by atoms with Gasteiger partial charge in [0.1, 0.15) is 0 Å². The fraction of sp³-hybridized carbons (Fsp3) is 0.467. The molecule has 1 aromatic carbocycles. The van der Waals surface area contributed by atoms with Crippen LogP contribution in [-0.4, -0.2) is 55.7 Å². The van der Waals surface area contributed by atoms with Gasteiger partial charge in [0.25, 0.3) is 0 Å². The lowest BCUT2D eigenvalue weighted by molar-refractivity contribution is -0.137. The highest BCUT2D eigenvalue weighted by atomic mass is 16.4. The average Bonchev–Trinajstić information content (AvgIpc) is 2.43. The van der Waals surface area contributed by atoms with Gasteiger partial charge in [0, 0.05) is 31.7 Å². The molecule has 0 spiro atoms. The number of benzene rings is 1. The average molecular weight is 293 g/mol. The summed E-state index contributed by atoms with van der Waals surface area (Å²) in [5.74, 6) is -0.851. The molecule has 116 valence electrons. The molecule has 0 heterocycles. The van der Waals surface area contributed by atoms with E-state index in [1.807, 2.05) is 49.3 Å². The molecule has 1 aromatic rings. The molecule has 2 N–H and O–H groups in total. The number of carboxylic acids is 1. The number of nitrogens with zero attached hydrogens (tertiary/aromatic N) is 2. The standard InChI is InChI=1S/C15H23N3O3/c1-17(2)12-10-16-15(21)18(11-6-9-14(19)20)13-7-4-3-5-8-13/h3-5,7-8H,6,9-12H2,1-2H3,(H,16,21)(H,19,20). The van der Waals surface area contributed by atoms with Gasteiger partial charge in [-0.2, -0.15) is 0 Å². The van der Waals surface area contributed by atoms with Gasteiger partial charge < -0.3 is 15.3 Å². The third-order valence-electron chi connectivity index (χ3n) is 2.92. The first-order valence-corrected chi connectivity index (χ1v) is 6.97. The molecule has 1 rings (SSSR count). The van der Waals surface area contributed by atoms with E-state index in [0.29, 0.717) is 19.5 Å². The number of hydrogen-bond donors (Lipinski definition) is 2. The molecule has 0 bridgehead atoms. The molecule has 0 aromatic heterocycles. The smallest absolute Gasteiger partial charge is 0.321 e. The number of carbonyl (C=O) groups excluding carboxylic acids is 1. The van der Waals surface area contributed by atoms with E-state index in [1.165, 1.54) is 0 Å². The third-order valence-corrected chi connectivity index (χ3v) is 2.92. The number of para-hydroxylation sites is 1. The van der Waals surface area contributed by atoms with Gasteiger partial charge in [0.05, 0.1) is 0 Å². The van der Waals surface area contributed by atoms with Crippen molar-refractivity contribution in [1.29, 1.82) is 0 Å². The molecule has 0 aliphatic rings. The molecular formula is C15H23N3O3. The summed E-state index contributed by atoms with van der Waals surface area (Å²) in [7, 11) is 3.88. The van der Waals surface area contributed by atoms with Crippen LogP contribution >= 0.6 is 0 Å². The van der Waals surface area contributed by atoms with Crippen molar-refractivity contribution in [3.05, 3.63) is 30.3 Å². The Morgan fingerprint density at radius 3 is 2.38 bits per heavy atom. The van der Waals surface area contributed by atoms with Gasteiger partial charge in [0.15, 0.2) is 0 Å². The Kier molecular flexibility index (Phi) is 7.25. The summed E-state index contributed by atoms with van der Waals surface area (Å²) < 4.78 is 0. The topological polar surface area (TPSA) is 72.9 Å². The lowest BCUT2D eigenvalue weighted by atomic mass is 10.2. The van der Waals surface area contributed by atoms with Crippen molar-refractivity contribution in [2.24, 2.45) is 0 Å². The minimum atomic E-state index is -0.851. The Morgan fingerprint density at radius 1 is 1.14 bits per heavy atom. The van der Waals surface area contributed by atoms with Crippen molar-refractivity contribution in [2.45, 2.75) is 12.8 Å². The second kappa shape index (κ2) is 8.97. The van der Waals surface area contributed by atoms with E-state index in [9.17, 15) is 9.59 Å². The molecule has 0 aliphatic carbocycles. The van der Waals surface area contributed by atoms with Gasteiger partial charge in [-0.3, -0.25) is 9.69 Å². The van der Waals surface area contributed by atoms with Crippen LogP contribution in [0.3, 0.4) is 0 Å². The molecule has 6 nitrogen and oxygen atoms in total. The number of rotatable bonds is 8. The summed E-state index contributed by atoms with van der Waals surface area (Å²) in [5.41, 5.74) is 0.769. The summed E-state index contributed by atoms with van der Waals surface area (Å²) in [6.45, 7) is 1.68. The number of urea groups is 1. The molecule has 0 radical (unpaired) electrons. The van der Waals surface area contributed by atoms with Gasteiger partial charge in [-0.25, -0.2) is 4.79 Å². The minimum Gasteiger partial charge on any atom is -0.481 e. The van der Waals surface area contributed by atoms with Gasteiger partial charge >= 0.3 is 12.0 Å². The summed E-state index contributed by atoms with van der Waals surface area (Å²) >= 11 is 0. The van der Waals surface area contributed by atoms with Crippen molar-refractivity contribution < 1.29 is 14.7 Å². The Bertz CT molecular complexity index is 449. The highest BCUT2D eigenvalue weighted by Crippen LogP contribution is 2.14. The zero-order valence-corrected chi connectivity index (χ0v) is 12.6. The predicted octanol–water partition coefficient (Wildman–Crippen LogP) is 1.63. The molecule has 0 unspecified atom stereocenters. The Balaban J connectivity index is 2.63. The summed E-state index contributed by atoms with van der Waals surface area (Å²) in [6, 6.07) is 9.06. The normalized spacial score (nSPS) is 10.4. The van der Waals surface area contributed by atoms with Gasteiger partial charge in [-0.15, -0.1) is 0 Å². The lowest BCUT2D eigenvalue weighted by Gasteiger charge is -2.23. The molecule has 0 atom stereocenters. The van der Waals surface area contributed by atoms with Gasteiger partial charge in [-0.1, -0.05) is 18.2 Å². The van der Waals surface area contributed by atoms with E-state index < -0.39 is 5.97 Å². The molecule has 0 saturated heterocycles. The fourth-order valence-electron chi connectivity index (χ4n) is 1.83. The van der Waals surface area contributed by atoms with Crippen molar-refractivity contribution in [3.63, 3.8) is 0 Å². The number of carboxylic acid groups (broad SMARTS) is 1. The predicted molar refractivity (Wildman–Crippen MR) is 82.6 cm³/mol. The number of nitrogens with one attached hydrogen (secondary N) is 1. The van der Waals surface area contributed by atoms with Crippen molar-refractivity contribution in [3.8, 4) is 0 Å². The molecule has 6 heteroatoms. The number of amides is 2. The number of hydrogen-bond acceptors (Lipinski definition) is 3. The van der Waals surface area contributed by atoms with E-state index in [2.05, 4.69) is 5.32 Å². The Morgan fingerprint density at radius 2 is 1.81 bits per heavy atom. The maximum Gasteiger partial charge on any atom is 0.321 e. The van der Waals surface area contributed by atoms with Crippen LogP contribution in [0, 0.1) is 0 Å². The number of carbonyl (C=O) groups is 2. The number of likely N-dealkylation sites (N-methyl/N-ethyl adjacent to an activating group) is 1. The second-order valence-electron chi connectivity index (χ2n) is 5.02. The van der Waals surface area contributed by atoms with Crippen LogP contribution in [0.5, 0.6) is 0 Å². The van der Waals surface area contributed by atoms with E-state index in [-0.39, 0.29) is 12.5 Å². The zero-order chi connectivity index (χ0) is 15.7. The van der Waals surface area contributed by atoms with Crippen molar-refractivity contribution >= 4 is 17.7 Å². The summed E-state index contributed by atoms with van der Waals surface area (Å²) in [5, 5.41) is 11.6. The fourth-order valence-corrected chi connectivity index (χ4v) is 1.83. The highest BCUT2D eigenvalue weighted by molar-refractivity contribution is 5.91. The lowest BCUT2D eigenvalue weighted by Crippen LogP contribution is -2.43. The van der Waals surface area contributed by atoms with Crippen LogP contribution in [0.15, 0.2) is 30.3 Å². The van der Waals surface area contributed by atoms with Crippen molar-refractivity contribution in [1.82, 2.24) is 10.2 Å². The maximum absolute atomic E-state index is 12.2. The zero-order valence-electron chi connectivity index (χ0n) is 12.6. The highest BCUT2D eigenvalue weighted by Gasteiger charge is 2.15. The van der Waals surface area contributed by atoms with Crippen molar-refractivity contribution in [2.75, 3.05) is 38.6 Å². The molecule has 2 amide bonds. The second-order valence-corrected chi connectivity index (χ2v) is 5.02. The summed E-state index contributed by atoms with van der Waals surface area (Å²) in [4.78, 5) is 26.4. The molecule has 0 fully saturated rings. The van der Waals surface area contributed by atoms with E-state index in [4.69, 9.17) is 5.11 Å². The molecule has 21 heavy (non-hydrogen) atoms. The van der Waals surface area contributed by atoms with Crippen LogP contribution < -0.4 is 10.2 Å². The van der Waals surface area contributed by atoms with E-state index >= 15 is 0 Å². The van der Waals surface area contributed by atoms with Crippen LogP contribution in [0.2, 0.25) is 0 Å².